The lowest BCUT2D eigenvalue weighted by molar-refractivity contribution is 0.413. The smallest absolute Gasteiger partial charge is 0.235 e. The Hall–Kier alpha value is -1.81. The number of ether oxygens (including phenoxy) is 1. The maximum Gasteiger partial charge on any atom is 0.235 e. The van der Waals surface area contributed by atoms with Crippen molar-refractivity contribution in [1.82, 2.24) is 4.98 Å². The first-order chi connectivity index (χ1) is 8.08. The van der Waals surface area contributed by atoms with Crippen molar-refractivity contribution in [3.8, 4) is 11.8 Å². The summed E-state index contributed by atoms with van der Waals surface area (Å²) in [7, 11) is -2.00. The first kappa shape index (κ1) is 11.7. The van der Waals surface area contributed by atoms with Crippen LogP contribution in [0, 0.1) is 11.3 Å². The highest BCUT2D eigenvalue weighted by Crippen LogP contribution is 2.33. The summed E-state index contributed by atoms with van der Waals surface area (Å²) in [6, 6.07) is 3.32. The van der Waals surface area contributed by atoms with Crippen LogP contribution in [0.2, 0.25) is 0 Å². The molecule has 0 saturated heterocycles. The minimum atomic E-state index is -3.36. The standard InChI is InChI=1S/C10H11N3O3S/c1-16-10-8(4-5-12-9(10)6-11)13-17(14,15)7-2-3-7/h4-5,7H,2-3H2,1H3,(H,12,13). The lowest BCUT2D eigenvalue weighted by atomic mass is 10.3. The third-order valence-corrected chi connectivity index (χ3v) is 4.28. The average molecular weight is 253 g/mol. The molecule has 90 valence electrons. The minimum absolute atomic E-state index is 0.0588. The Kier molecular flexibility index (Phi) is 2.90. The van der Waals surface area contributed by atoms with Crippen molar-refractivity contribution in [2.24, 2.45) is 0 Å². The van der Waals surface area contributed by atoms with Crippen molar-refractivity contribution in [2.75, 3.05) is 11.8 Å². The monoisotopic (exact) mass is 253 g/mol. The van der Waals surface area contributed by atoms with Gasteiger partial charge in [0.1, 0.15) is 6.07 Å². The molecule has 0 aliphatic heterocycles. The predicted molar refractivity (Wildman–Crippen MR) is 61.1 cm³/mol. The van der Waals surface area contributed by atoms with E-state index in [1.807, 2.05) is 6.07 Å². The third-order valence-electron chi connectivity index (χ3n) is 2.43. The second-order valence-corrected chi connectivity index (χ2v) is 5.66. The molecule has 1 heterocycles. The highest BCUT2D eigenvalue weighted by Gasteiger charge is 2.36. The molecular formula is C10H11N3O3S. The van der Waals surface area contributed by atoms with Crippen LogP contribution in [0.4, 0.5) is 5.69 Å². The largest absolute Gasteiger partial charge is 0.492 e. The molecule has 6 nitrogen and oxygen atoms in total. The van der Waals surface area contributed by atoms with E-state index in [4.69, 9.17) is 10.00 Å². The Morgan fingerprint density at radius 2 is 2.29 bits per heavy atom. The van der Waals surface area contributed by atoms with Crippen molar-refractivity contribution >= 4 is 15.7 Å². The first-order valence-corrected chi connectivity index (χ1v) is 6.58. The molecule has 1 N–H and O–H groups in total. The van der Waals surface area contributed by atoms with Gasteiger partial charge in [0, 0.05) is 6.20 Å². The summed E-state index contributed by atoms with van der Waals surface area (Å²) in [4.78, 5) is 3.80. The molecule has 0 spiro atoms. The molecule has 17 heavy (non-hydrogen) atoms. The lowest BCUT2D eigenvalue weighted by Crippen LogP contribution is -2.18. The third kappa shape index (κ3) is 2.31. The van der Waals surface area contributed by atoms with E-state index in [1.54, 1.807) is 0 Å². The Balaban J connectivity index is 2.36. The van der Waals surface area contributed by atoms with E-state index in [9.17, 15) is 8.42 Å². The van der Waals surface area contributed by atoms with Crippen LogP contribution in [0.25, 0.3) is 0 Å². The summed E-state index contributed by atoms with van der Waals surface area (Å²) in [5.74, 6) is 0.152. The minimum Gasteiger partial charge on any atom is -0.492 e. The maximum absolute atomic E-state index is 11.8. The van der Waals surface area contributed by atoms with Gasteiger partial charge in [0.05, 0.1) is 18.0 Å². The second kappa shape index (κ2) is 4.22. The summed E-state index contributed by atoms with van der Waals surface area (Å²) in [6.45, 7) is 0. The summed E-state index contributed by atoms with van der Waals surface area (Å²) < 4.78 is 31.0. The summed E-state index contributed by atoms with van der Waals surface area (Å²) >= 11 is 0. The highest BCUT2D eigenvalue weighted by molar-refractivity contribution is 7.93. The molecule has 1 saturated carbocycles. The maximum atomic E-state index is 11.8. The molecule has 2 rings (SSSR count). The van der Waals surface area contributed by atoms with Crippen molar-refractivity contribution in [3.05, 3.63) is 18.0 Å². The Morgan fingerprint density at radius 3 is 2.82 bits per heavy atom. The van der Waals surface area contributed by atoms with Gasteiger partial charge in [-0.15, -0.1) is 0 Å². The molecule has 0 aromatic carbocycles. The molecule has 7 heteroatoms. The number of pyridine rings is 1. The molecule has 1 aliphatic carbocycles. The van der Waals surface area contributed by atoms with Gasteiger partial charge in [0.15, 0.2) is 11.4 Å². The van der Waals surface area contributed by atoms with E-state index in [-0.39, 0.29) is 22.4 Å². The van der Waals surface area contributed by atoms with Crippen LogP contribution < -0.4 is 9.46 Å². The van der Waals surface area contributed by atoms with E-state index in [1.165, 1.54) is 19.4 Å². The van der Waals surface area contributed by atoms with E-state index >= 15 is 0 Å². The van der Waals surface area contributed by atoms with Gasteiger partial charge in [-0.1, -0.05) is 0 Å². The predicted octanol–water partition coefficient (Wildman–Crippen LogP) is 0.866. The Bertz CT molecular complexity index is 573. The lowest BCUT2D eigenvalue weighted by Gasteiger charge is -2.11. The number of anilines is 1. The Labute approximate surface area is 99.3 Å². The summed E-state index contributed by atoms with van der Waals surface area (Å²) in [5, 5.41) is 8.50. The number of rotatable bonds is 4. The fourth-order valence-electron chi connectivity index (χ4n) is 1.43. The van der Waals surface area contributed by atoms with Gasteiger partial charge in [-0.2, -0.15) is 5.26 Å². The zero-order valence-electron chi connectivity index (χ0n) is 9.17. The molecule has 0 radical (unpaired) electrons. The van der Waals surface area contributed by atoms with Crippen molar-refractivity contribution < 1.29 is 13.2 Å². The van der Waals surface area contributed by atoms with Crippen molar-refractivity contribution in [1.29, 1.82) is 5.26 Å². The van der Waals surface area contributed by atoms with Crippen LogP contribution in [0.15, 0.2) is 12.3 Å². The first-order valence-electron chi connectivity index (χ1n) is 5.03. The van der Waals surface area contributed by atoms with Crippen molar-refractivity contribution in [2.45, 2.75) is 18.1 Å². The number of aromatic nitrogens is 1. The zero-order chi connectivity index (χ0) is 12.5. The number of nitriles is 1. The van der Waals surface area contributed by atoms with E-state index in [0.29, 0.717) is 12.8 Å². The van der Waals surface area contributed by atoms with Gasteiger partial charge in [-0.05, 0) is 18.9 Å². The molecule has 1 fully saturated rings. The van der Waals surface area contributed by atoms with E-state index in [0.717, 1.165) is 0 Å². The van der Waals surface area contributed by atoms with E-state index < -0.39 is 10.0 Å². The number of nitrogens with one attached hydrogen (secondary N) is 1. The molecule has 1 aromatic heterocycles. The fourth-order valence-corrected chi connectivity index (χ4v) is 2.82. The van der Waals surface area contributed by atoms with E-state index in [2.05, 4.69) is 9.71 Å². The van der Waals surface area contributed by atoms with Gasteiger partial charge < -0.3 is 4.74 Å². The van der Waals surface area contributed by atoms with Gasteiger partial charge in [-0.3, -0.25) is 4.72 Å². The molecule has 0 amide bonds. The van der Waals surface area contributed by atoms with Gasteiger partial charge in [0.2, 0.25) is 10.0 Å². The van der Waals surface area contributed by atoms with Crippen LogP contribution in [0.3, 0.4) is 0 Å². The van der Waals surface area contributed by atoms with Gasteiger partial charge in [-0.25, -0.2) is 13.4 Å². The highest BCUT2D eigenvalue weighted by atomic mass is 32.2. The molecule has 0 bridgehead atoms. The number of hydrogen-bond donors (Lipinski definition) is 1. The number of hydrogen-bond acceptors (Lipinski definition) is 5. The van der Waals surface area contributed by atoms with Crippen LogP contribution in [0.1, 0.15) is 18.5 Å². The quantitative estimate of drug-likeness (QED) is 0.859. The molecule has 0 unspecified atom stereocenters. The van der Waals surface area contributed by atoms with Crippen LogP contribution in [-0.4, -0.2) is 25.8 Å². The molecular weight excluding hydrogens is 242 g/mol. The van der Waals surface area contributed by atoms with Crippen LogP contribution in [0.5, 0.6) is 5.75 Å². The Morgan fingerprint density at radius 1 is 1.59 bits per heavy atom. The summed E-state index contributed by atoms with van der Waals surface area (Å²) in [5.41, 5.74) is 0.314. The number of sulfonamides is 1. The fraction of sp³-hybridized carbons (Fsp3) is 0.400. The molecule has 1 aliphatic rings. The van der Waals surface area contributed by atoms with Crippen LogP contribution >= 0.6 is 0 Å². The number of methoxy groups -OCH3 is 1. The van der Waals surface area contributed by atoms with Crippen molar-refractivity contribution in [3.63, 3.8) is 0 Å². The molecule has 1 aromatic rings. The average Bonchev–Trinajstić information content (AvgIpc) is 3.12. The van der Waals surface area contributed by atoms with Gasteiger partial charge in [0.25, 0.3) is 0 Å². The number of nitrogens with zero attached hydrogens (tertiary/aromatic N) is 2. The molecule has 0 atom stereocenters. The van der Waals surface area contributed by atoms with Crippen LogP contribution in [-0.2, 0) is 10.0 Å². The second-order valence-electron chi connectivity index (χ2n) is 3.70. The van der Waals surface area contributed by atoms with Gasteiger partial charge >= 0.3 is 0 Å². The normalized spacial score (nSPS) is 15.1. The SMILES string of the molecule is COc1c(NS(=O)(=O)C2CC2)ccnc1C#N. The summed E-state index contributed by atoms with van der Waals surface area (Å²) in [6.07, 6.45) is 2.72. The topological polar surface area (TPSA) is 92.1 Å². The zero-order valence-corrected chi connectivity index (χ0v) is 9.99.